The van der Waals surface area contributed by atoms with Crippen LogP contribution in [0.1, 0.15) is 9.88 Å². The number of rotatable bonds is 4. The normalized spacial score (nSPS) is 19.1. The molecular weight excluding hydrogens is 286 g/mol. The molecule has 1 aliphatic heterocycles. The second-order valence-corrected chi connectivity index (χ2v) is 6.01. The fourth-order valence-corrected chi connectivity index (χ4v) is 3.10. The predicted octanol–water partition coefficient (Wildman–Crippen LogP) is 1.83. The van der Waals surface area contributed by atoms with E-state index in [1.54, 1.807) is 0 Å². The number of nitrogens with zero attached hydrogens (tertiary/aromatic N) is 3. The number of aromatic nitrogens is 1. The van der Waals surface area contributed by atoms with E-state index < -0.39 is 0 Å². The lowest BCUT2D eigenvalue weighted by atomic mass is 10.3. The molecule has 2 rings (SSSR count). The van der Waals surface area contributed by atoms with Crippen molar-refractivity contribution in [3.63, 3.8) is 0 Å². The van der Waals surface area contributed by atoms with Gasteiger partial charge in [-0.3, -0.25) is 0 Å². The van der Waals surface area contributed by atoms with Crippen LogP contribution in [0.25, 0.3) is 0 Å². The SMILES string of the molecule is CN1CCN(CCc2ncc(CBr)s2)CC1. The maximum absolute atomic E-state index is 4.44. The summed E-state index contributed by atoms with van der Waals surface area (Å²) in [5.41, 5.74) is 0. The molecule has 0 spiro atoms. The summed E-state index contributed by atoms with van der Waals surface area (Å²) in [5, 5.41) is 2.20. The van der Waals surface area contributed by atoms with Gasteiger partial charge in [0, 0.05) is 55.5 Å². The molecule has 1 aliphatic rings. The summed E-state index contributed by atoms with van der Waals surface area (Å²) >= 11 is 5.29. The lowest BCUT2D eigenvalue weighted by Gasteiger charge is -2.32. The standard InChI is InChI=1S/C11H18BrN3S/c1-14-4-6-15(7-5-14)3-2-11-13-9-10(8-12)16-11/h9H,2-8H2,1H3. The quantitative estimate of drug-likeness (QED) is 0.791. The molecule has 0 bridgehead atoms. The van der Waals surface area contributed by atoms with Crippen molar-refractivity contribution in [2.24, 2.45) is 0 Å². The predicted molar refractivity (Wildman–Crippen MR) is 72.4 cm³/mol. The lowest BCUT2D eigenvalue weighted by molar-refractivity contribution is 0.155. The van der Waals surface area contributed by atoms with Crippen molar-refractivity contribution in [1.82, 2.24) is 14.8 Å². The summed E-state index contributed by atoms with van der Waals surface area (Å²) in [6.45, 7) is 5.96. The van der Waals surface area contributed by atoms with Gasteiger partial charge in [0.25, 0.3) is 0 Å². The Bertz CT molecular complexity index is 321. The van der Waals surface area contributed by atoms with Crippen LogP contribution in [0, 0.1) is 0 Å². The number of likely N-dealkylation sites (N-methyl/N-ethyl adjacent to an activating group) is 1. The van der Waals surface area contributed by atoms with Gasteiger partial charge in [-0.2, -0.15) is 0 Å². The Balaban J connectivity index is 1.74. The zero-order valence-electron chi connectivity index (χ0n) is 9.65. The van der Waals surface area contributed by atoms with E-state index in [4.69, 9.17) is 0 Å². The Morgan fingerprint density at radius 3 is 2.75 bits per heavy atom. The van der Waals surface area contributed by atoms with E-state index in [0.717, 1.165) is 18.3 Å². The summed E-state index contributed by atoms with van der Waals surface area (Å²) < 4.78 is 0. The molecule has 0 aliphatic carbocycles. The molecule has 3 nitrogen and oxygen atoms in total. The minimum atomic E-state index is 0.930. The van der Waals surface area contributed by atoms with Crippen molar-refractivity contribution >= 4 is 27.3 Å². The largest absolute Gasteiger partial charge is 0.304 e. The maximum atomic E-state index is 4.44. The molecule has 1 aromatic rings. The van der Waals surface area contributed by atoms with Gasteiger partial charge in [-0.05, 0) is 7.05 Å². The first-order valence-corrected chi connectivity index (χ1v) is 7.62. The molecule has 2 heterocycles. The molecule has 0 amide bonds. The first-order valence-electron chi connectivity index (χ1n) is 5.68. The average molecular weight is 304 g/mol. The zero-order chi connectivity index (χ0) is 11.4. The highest BCUT2D eigenvalue weighted by molar-refractivity contribution is 9.08. The number of halogens is 1. The van der Waals surface area contributed by atoms with E-state index in [1.807, 2.05) is 17.5 Å². The van der Waals surface area contributed by atoms with Crippen molar-refractivity contribution in [2.45, 2.75) is 11.8 Å². The fraction of sp³-hybridized carbons (Fsp3) is 0.727. The Morgan fingerprint density at radius 2 is 2.12 bits per heavy atom. The van der Waals surface area contributed by atoms with Crippen LogP contribution < -0.4 is 0 Å². The smallest absolute Gasteiger partial charge is 0.0940 e. The molecule has 0 aromatic carbocycles. The van der Waals surface area contributed by atoms with Gasteiger partial charge in [-0.1, -0.05) is 15.9 Å². The van der Waals surface area contributed by atoms with Gasteiger partial charge in [0.1, 0.15) is 0 Å². The Labute approximate surface area is 110 Å². The van der Waals surface area contributed by atoms with Crippen LogP contribution in [0.5, 0.6) is 0 Å². The summed E-state index contributed by atoms with van der Waals surface area (Å²) in [6.07, 6.45) is 3.08. The Hall–Kier alpha value is 0.0300. The molecule has 1 saturated heterocycles. The van der Waals surface area contributed by atoms with Crippen LogP contribution in [-0.4, -0.2) is 54.6 Å². The first-order chi connectivity index (χ1) is 7.78. The summed E-state index contributed by atoms with van der Waals surface area (Å²) in [4.78, 5) is 10.7. The molecule has 90 valence electrons. The number of thiazole rings is 1. The third kappa shape index (κ3) is 3.52. The van der Waals surface area contributed by atoms with Gasteiger partial charge >= 0.3 is 0 Å². The third-order valence-corrected chi connectivity index (χ3v) is 5.00. The molecular formula is C11H18BrN3S. The van der Waals surface area contributed by atoms with E-state index in [-0.39, 0.29) is 0 Å². The monoisotopic (exact) mass is 303 g/mol. The molecule has 0 N–H and O–H groups in total. The minimum Gasteiger partial charge on any atom is -0.304 e. The van der Waals surface area contributed by atoms with Crippen LogP contribution in [0.2, 0.25) is 0 Å². The fourth-order valence-electron chi connectivity index (χ4n) is 1.85. The van der Waals surface area contributed by atoms with Crippen molar-refractivity contribution < 1.29 is 0 Å². The second kappa shape index (κ2) is 6.10. The van der Waals surface area contributed by atoms with Crippen molar-refractivity contribution in [1.29, 1.82) is 0 Å². The summed E-state index contributed by atoms with van der Waals surface area (Å²) in [5.74, 6) is 0. The van der Waals surface area contributed by atoms with E-state index >= 15 is 0 Å². The Kier molecular flexibility index (Phi) is 4.76. The molecule has 5 heteroatoms. The van der Waals surface area contributed by atoms with E-state index in [9.17, 15) is 0 Å². The second-order valence-electron chi connectivity index (χ2n) is 4.25. The van der Waals surface area contributed by atoms with Gasteiger partial charge in [-0.15, -0.1) is 11.3 Å². The van der Waals surface area contributed by atoms with E-state index in [1.165, 1.54) is 36.1 Å². The number of piperazine rings is 1. The molecule has 1 aromatic heterocycles. The highest BCUT2D eigenvalue weighted by Gasteiger charge is 2.13. The molecule has 16 heavy (non-hydrogen) atoms. The van der Waals surface area contributed by atoms with Crippen molar-refractivity contribution in [3.05, 3.63) is 16.1 Å². The molecule has 1 fully saturated rings. The Morgan fingerprint density at radius 1 is 1.38 bits per heavy atom. The van der Waals surface area contributed by atoms with Crippen LogP contribution in [0.15, 0.2) is 6.20 Å². The number of hydrogen-bond acceptors (Lipinski definition) is 4. The third-order valence-electron chi connectivity index (χ3n) is 2.97. The molecule has 0 radical (unpaired) electrons. The van der Waals surface area contributed by atoms with Gasteiger partial charge in [-0.25, -0.2) is 4.98 Å². The average Bonchev–Trinajstić information content (AvgIpc) is 2.76. The highest BCUT2D eigenvalue weighted by Crippen LogP contribution is 2.16. The van der Waals surface area contributed by atoms with Crippen LogP contribution in [0.4, 0.5) is 0 Å². The van der Waals surface area contributed by atoms with Crippen LogP contribution in [-0.2, 0) is 11.8 Å². The number of hydrogen-bond donors (Lipinski definition) is 0. The van der Waals surface area contributed by atoms with Gasteiger partial charge < -0.3 is 9.80 Å². The summed E-state index contributed by atoms with van der Waals surface area (Å²) in [7, 11) is 2.19. The highest BCUT2D eigenvalue weighted by atomic mass is 79.9. The van der Waals surface area contributed by atoms with Gasteiger partial charge in [0.15, 0.2) is 0 Å². The maximum Gasteiger partial charge on any atom is 0.0940 e. The first kappa shape index (κ1) is 12.5. The van der Waals surface area contributed by atoms with Crippen molar-refractivity contribution in [2.75, 3.05) is 39.8 Å². The minimum absolute atomic E-state index is 0.930. The summed E-state index contributed by atoms with van der Waals surface area (Å²) in [6, 6.07) is 0. The molecule has 0 saturated carbocycles. The molecule has 0 unspecified atom stereocenters. The van der Waals surface area contributed by atoms with Gasteiger partial charge in [0.2, 0.25) is 0 Å². The van der Waals surface area contributed by atoms with E-state index in [2.05, 4.69) is 37.8 Å². The van der Waals surface area contributed by atoms with Crippen molar-refractivity contribution in [3.8, 4) is 0 Å². The number of alkyl halides is 1. The van der Waals surface area contributed by atoms with E-state index in [0.29, 0.717) is 0 Å². The van der Waals surface area contributed by atoms with Crippen LogP contribution >= 0.6 is 27.3 Å². The van der Waals surface area contributed by atoms with Gasteiger partial charge in [0.05, 0.1) is 5.01 Å². The lowest BCUT2D eigenvalue weighted by Crippen LogP contribution is -2.45. The molecule has 0 atom stereocenters. The topological polar surface area (TPSA) is 19.4 Å². The van der Waals surface area contributed by atoms with Crippen LogP contribution in [0.3, 0.4) is 0 Å². The zero-order valence-corrected chi connectivity index (χ0v) is 12.1.